The number of carbonyl (C=O) groups is 1. The second kappa shape index (κ2) is 4.21. The molecule has 0 heterocycles. The third kappa shape index (κ3) is 1.70. The number of carbonyl (C=O) groups excluding carboxylic acids is 1. The monoisotopic (exact) mass is 228 g/mol. The zero-order valence-electron chi connectivity index (χ0n) is 10.2. The Bertz CT molecular complexity index is 499. The van der Waals surface area contributed by atoms with E-state index in [2.05, 4.69) is 13.5 Å². The first-order chi connectivity index (χ1) is 8.13. The van der Waals surface area contributed by atoms with Crippen molar-refractivity contribution >= 4 is 5.78 Å². The molecule has 0 amide bonds. The Morgan fingerprint density at radius 3 is 2.76 bits per heavy atom. The number of hydrogen-bond donors (Lipinski definition) is 0. The Labute approximate surface area is 102 Å². The maximum Gasteiger partial charge on any atom is 0.189 e. The van der Waals surface area contributed by atoms with Crippen molar-refractivity contribution in [2.45, 2.75) is 18.8 Å². The second-order valence-electron chi connectivity index (χ2n) is 4.45. The lowest BCUT2D eigenvalue weighted by Crippen LogP contribution is -2.31. The molecule has 1 aliphatic rings. The van der Waals surface area contributed by atoms with Crippen molar-refractivity contribution in [1.82, 2.24) is 0 Å². The Hall–Kier alpha value is -1.83. The lowest BCUT2D eigenvalue weighted by atomic mass is 9.71. The molecule has 0 radical (unpaired) electrons. The average molecular weight is 228 g/mol. The lowest BCUT2D eigenvalue weighted by molar-refractivity contribution is 0.102. The number of allylic oxidation sites excluding steroid dienone is 3. The van der Waals surface area contributed by atoms with Crippen LogP contribution in [0, 0.1) is 0 Å². The SMILES string of the molecule is C=CCC1(C)C(OC)=CC(=O)c2ccccc21. The van der Waals surface area contributed by atoms with Gasteiger partial charge < -0.3 is 4.74 Å². The fourth-order valence-corrected chi connectivity index (χ4v) is 2.45. The largest absolute Gasteiger partial charge is 0.500 e. The van der Waals surface area contributed by atoms with Gasteiger partial charge in [-0.15, -0.1) is 6.58 Å². The van der Waals surface area contributed by atoms with E-state index in [9.17, 15) is 4.79 Å². The highest BCUT2D eigenvalue weighted by molar-refractivity contribution is 6.07. The van der Waals surface area contributed by atoms with Gasteiger partial charge in [-0.1, -0.05) is 30.3 Å². The first-order valence-electron chi connectivity index (χ1n) is 5.64. The summed E-state index contributed by atoms with van der Waals surface area (Å²) < 4.78 is 5.38. The summed E-state index contributed by atoms with van der Waals surface area (Å²) in [5.74, 6) is 0.722. The van der Waals surface area contributed by atoms with E-state index in [1.807, 2.05) is 30.3 Å². The summed E-state index contributed by atoms with van der Waals surface area (Å²) in [6.45, 7) is 5.87. The topological polar surface area (TPSA) is 26.3 Å². The molecule has 17 heavy (non-hydrogen) atoms. The molecule has 0 fully saturated rings. The fraction of sp³-hybridized carbons (Fsp3) is 0.267. The maximum absolute atomic E-state index is 12.0. The van der Waals surface area contributed by atoms with Crippen molar-refractivity contribution in [2.24, 2.45) is 0 Å². The minimum absolute atomic E-state index is 0.0130. The molecule has 0 spiro atoms. The molecule has 0 bridgehead atoms. The van der Waals surface area contributed by atoms with Crippen LogP contribution in [0.3, 0.4) is 0 Å². The van der Waals surface area contributed by atoms with Gasteiger partial charge >= 0.3 is 0 Å². The zero-order chi connectivity index (χ0) is 12.5. The number of rotatable bonds is 3. The van der Waals surface area contributed by atoms with Crippen molar-refractivity contribution < 1.29 is 9.53 Å². The number of ketones is 1. The number of methoxy groups -OCH3 is 1. The molecule has 0 aliphatic heterocycles. The summed E-state index contributed by atoms with van der Waals surface area (Å²) in [6.07, 6.45) is 4.20. The normalized spacial score (nSPS) is 22.7. The van der Waals surface area contributed by atoms with Gasteiger partial charge in [0, 0.05) is 11.6 Å². The third-order valence-electron chi connectivity index (χ3n) is 3.37. The molecule has 88 valence electrons. The van der Waals surface area contributed by atoms with Crippen LogP contribution in [0.1, 0.15) is 29.3 Å². The van der Waals surface area contributed by atoms with Crippen LogP contribution < -0.4 is 0 Å². The predicted octanol–water partition coefficient (Wildman–Crippen LogP) is 3.25. The summed E-state index contributed by atoms with van der Waals surface area (Å²) in [4.78, 5) is 12.0. The van der Waals surface area contributed by atoms with E-state index in [1.54, 1.807) is 13.2 Å². The number of ether oxygens (including phenoxy) is 1. The molecule has 1 aliphatic carbocycles. The predicted molar refractivity (Wildman–Crippen MR) is 68.0 cm³/mol. The van der Waals surface area contributed by atoms with Gasteiger partial charge in [-0.2, -0.15) is 0 Å². The minimum Gasteiger partial charge on any atom is -0.500 e. The number of fused-ring (bicyclic) bond motifs is 1. The van der Waals surface area contributed by atoms with Gasteiger partial charge in [0.25, 0.3) is 0 Å². The van der Waals surface area contributed by atoms with E-state index < -0.39 is 0 Å². The van der Waals surface area contributed by atoms with Gasteiger partial charge in [-0.05, 0) is 18.9 Å². The van der Waals surface area contributed by atoms with Crippen LogP contribution >= 0.6 is 0 Å². The van der Waals surface area contributed by atoms with Crippen LogP contribution in [0.4, 0.5) is 0 Å². The Kier molecular flexibility index (Phi) is 2.88. The molecule has 1 unspecified atom stereocenters. The minimum atomic E-state index is -0.291. The number of benzene rings is 1. The van der Waals surface area contributed by atoms with Crippen LogP contribution in [0.2, 0.25) is 0 Å². The average Bonchev–Trinajstić information content (AvgIpc) is 2.34. The van der Waals surface area contributed by atoms with Crippen LogP contribution in [0.15, 0.2) is 48.8 Å². The summed E-state index contributed by atoms with van der Waals surface area (Å²) >= 11 is 0. The molecule has 2 nitrogen and oxygen atoms in total. The van der Waals surface area contributed by atoms with E-state index in [1.165, 1.54) is 0 Å². The quantitative estimate of drug-likeness (QED) is 0.742. The highest BCUT2D eigenvalue weighted by Gasteiger charge is 2.38. The van der Waals surface area contributed by atoms with Crippen LogP contribution in [0.5, 0.6) is 0 Å². The van der Waals surface area contributed by atoms with E-state index in [0.29, 0.717) is 5.76 Å². The lowest BCUT2D eigenvalue weighted by Gasteiger charge is -2.34. The summed E-state index contributed by atoms with van der Waals surface area (Å²) in [5, 5.41) is 0. The molecule has 2 rings (SSSR count). The molecule has 0 N–H and O–H groups in total. The van der Waals surface area contributed by atoms with Crippen molar-refractivity contribution in [3.8, 4) is 0 Å². The highest BCUT2D eigenvalue weighted by atomic mass is 16.5. The number of hydrogen-bond acceptors (Lipinski definition) is 2. The molecule has 0 saturated carbocycles. The first kappa shape index (κ1) is 11.6. The van der Waals surface area contributed by atoms with E-state index in [4.69, 9.17) is 4.74 Å². The van der Waals surface area contributed by atoms with Gasteiger partial charge in [-0.25, -0.2) is 0 Å². The zero-order valence-corrected chi connectivity index (χ0v) is 10.2. The van der Waals surface area contributed by atoms with Crippen molar-refractivity contribution in [3.05, 3.63) is 59.9 Å². The first-order valence-corrected chi connectivity index (χ1v) is 5.64. The van der Waals surface area contributed by atoms with Crippen molar-refractivity contribution in [1.29, 1.82) is 0 Å². The van der Waals surface area contributed by atoms with E-state index in [-0.39, 0.29) is 11.2 Å². The molecule has 1 atom stereocenters. The second-order valence-corrected chi connectivity index (χ2v) is 4.45. The summed E-state index contributed by atoms with van der Waals surface area (Å²) in [7, 11) is 1.61. The third-order valence-corrected chi connectivity index (χ3v) is 3.37. The van der Waals surface area contributed by atoms with Crippen molar-refractivity contribution in [3.63, 3.8) is 0 Å². The summed E-state index contributed by atoms with van der Waals surface area (Å²) in [6, 6.07) is 7.69. The van der Waals surface area contributed by atoms with Gasteiger partial charge in [0.1, 0.15) is 5.76 Å². The molecular weight excluding hydrogens is 212 g/mol. The Balaban J connectivity index is 2.65. The molecule has 0 saturated heterocycles. The molecular formula is C15H16O2. The van der Waals surface area contributed by atoms with Crippen LogP contribution in [-0.4, -0.2) is 12.9 Å². The molecule has 1 aromatic carbocycles. The van der Waals surface area contributed by atoms with Gasteiger partial charge in [-0.3, -0.25) is 4.79 Å². The highest BCUT2D eigenvalue weighted by Crippen LogP contribution is 2.41. The molecule has 1 aromatic rings. The van der Waals surface area contributed by atoms with Crippen LogP contribution in [0.25, 0.3) is 0 Å². The van der Waals surface area contributed by atoms with Crippen LogP contribution in [-0.2, 0) is 10.2 Å². The molecule has 2 heteroatoms. The summed E-state index contributed by atoms with van der Waals surface area (Å²) in [5.41, 5.74) is 1.49. The Morgan fingerprint density at radius 2 is 2.12 bits per heavy atom. The standard InChI is InChI=1S/C15H16O2/c1-4-9-15(2)12-8-6-5-7-11(12)13(16)10-14(15)17-3/h4-8,10H,1,9H2,2-3H3. The molecule has 0 aromatic heterocycles. The fourth-order valence-electron chi connectivity index (χ4n) is 2.45. The van der Waals surface area contributed by atoms with Gasteiger partial charge in [0.2, 0.25) is 0 Å². The van der Waals surface area contributed by atoms with Crippen molar-refractivity contribution in [2.75, 3.05) is 7.11 Å². The van der Waals surface area contributed by atoms with Gasteiger partial charge in [0.05, 0.1) is 12.5 Å². The maximum atomic E-state index is 12.0. The smallest absolute Gasteiger partial charge is 0.189 e. The van der Waals surface area contributed by atoms with E-state index >= 15 is 0 Å². The van der Waals surface area contributed by atoms with E-state index in [0.717, 1.165) is 17.5 Å². The Morgan fingerprint density at radius 1 is 1.41 bits per heavy atom. The van der Waals surface area contributed by atoms with Gasteiger partial charge in [0.15, 0.2) is 5.78 Å².